The van der Waals surface area contributed by atoms with E-state index in [0.717, 1.165) is 0 Å². The van der Waals surface area contributed by atoms with Gasteiger partial charge in [-0.25, -0.2) is 4.79 Å². The van der Waals surface area contributed by atoms with E-state index in [1.165, 1.54) is 6.07 Å². The molecule has 1 aromatic rings. The van der Waals surface area contributed by atoms with E-state index >= 15 is 0 Å². The molecule has 0 aromatic heterocycles. The van der Waals surface area contributed by atoms with Crippen LogP contribution in [0.25, 0.3) is 0 Å². The van der Waals surface area contributed by atoms with E-state index in [9.17, 15) is 9.18 Å². The lowest BCUT2D eigenvalue weighted by Crippen LogP contribution is -2.08. The van der Waals surface area contributed by atoms with Gasteiger partial charge >= 0.3 is 5.97 Å². The summed E-state index contributed by atoms with van der Waals surface area (Å²) in [4.78, 5) is 11.5. The number of nitrogen functional groups attached to an aromatic ring is 1. The van der Waals surface area contributed by atoms with Crippen molar-refractivity contribution in [2.45, 2.75) is 13.3 Å². The molecule has 0 fully saturated rings. The highest BCUT2D eigenvalue weighted by atomic mass is 19.1. The molecule has 0 heterocycles. The standard InChI is InChI=1S/C12H16FNO3/c1-2-16-11-5-4-9(8-10(11)14)12(15)17-7-3-6-13/h4-5,8H,2-3,6-7,14H2,1H3. The van der Waals surface area contributed by atoms with Crippen LogP contribution in [0.1, 0.15) is 23.7 Å². The number of halogens is 1. The third-order valence-corrected chi connectivity index (χ3v) is 2.06. The van der Waals surface area contributed by atoms with E-state index in [0.29, 0.717) is 23.6 Å². The summed E-state index contributed by atoms with van der Waals surface area (Å²) in [5, 5.41) is 0. The summed E-state index contributed by atoms with van der Waals surface area (Å²) < 4.78 is 21.9. The van der Waals surface area contributed by atoms with Crippen molar-refractivity contribution in [3.63, 3.8) is 0 Å². The summed E-state index contributed by atoms with van der Waals surface area (Å²) in [6, 6.07) is 4.67. The first-order chi connectivity index (χ1) is 8.19. The fourth-order valence-corrected chi connectivity index (χ4v) is 1.27. The van der Waals surface area contributed by atoms with Gasteiger partial charge in [-0.15, -0.1) is 0 Å². The number of carbonyl (C=O) groups is 1. The van der Waals surface area contributed by atoms with E-state index in [1.807, 2.05) is 6.92 Å². The number of esters is 1. The van der Waals surface area contributed by atoms with Gasteiger partial charge in [0.25, 0.3) is 0 Å². The van der Waals surface area contributed by atoms with Crippen molar-refractivity contribution in [3.05, 3.63) is 23.8 Å². The summed E-state index contributed by atoms with van der Waals surface area (Å²) in [5.74, 6) is 0.0287. The molecule has 5 heteroatoms. The van der Waals surface area contributed by atoms with E-state index in [1.54, 1.807) is 12.1 Å². The average molecular weight is 241 g/mol. The summed E-state index contributed by atoms with van der Waals surface area (Å²) in [6.07, 6.45) is 0.207. The Morgan fingerprint density at radius 1 is 1.47 bits per heavy atom. The van der Waals surface area contributed by atoms with Crippen LogP contribution in [-0.2, 0) is 4.74 Å². The van der Waals surface area contributed by atoms with Gasteiger partial charge in [-0.2, -0.15) is 0 Å². The Morgan fingerprint density at radius 3 is 2.82 bits per heavy atom. The summed E-state index contributed by atoms with van der Waals surface area (Å²) in [7, 11) is 0. The fraction of sp³-hybridized carbons (Fsp3) is 0.417. The first kappa shape index (κ1) is 13.3. The fourth-order valence-electron chi connectivity index (χ4n) is 1.27. The number of hydrogen-bond donors (Lipinski definition) is 1. The first-order valence-corrected chi connectivity index (χ1v) is 5.44. The first-order valence-electron chi connectivity index (χ1n) is 5.44. The van der Waals surface area contributed by atoms with Gasteiger partial charge in [-0.3, -0.25) is 4.39 Å². The molecule has 94 valence electrons. The van der Waals surface area contributed by atoms with Gasteiger partial charge in [0.2, 0.25) is 0 Å². The molecule has 0 aliphatic carbocycles. The maximum Gasteiger partial charge on any atom is 0.338 e. The number of alkyl halides is 1. The van der Waals surface area contributed by atoms with Crippen molar-refractivity contribution in [1.29, 1.82) is 0 Å². The van der Waals surface area contributed by atoms with Crippen molar-refractivity contribution in [2.75, 3.05) is 25.6 Å². The molecule has 0 aliphatic heterocycles. The number of benzene rings is 1. The van der Waals surface area contributed by atoms with E-state index < -0.39 is 12.6 Å². The van der Waals surface area contributed by atoms with Crippen LogP contribution in [0.15, 0.2) is 18.2 Å². The van der Waals surface area contributed by atoms with Crippen molar-refractivity contribution in [3.8, 4) is 5.75 Å². The highest BCUT2D eigenvalue weighted by Gasteiger charge is 2.09. The molecule has 0 unspecified atom stereocenters. The molecule has 0 radical (unpaired) electrons. The van der Waals surface area contributed by atoms with Gasteiger partial charge in [0.15, 0.2) is 0 Å². The topological polar surface area (TPSA) is 61.5 Å². The van der Waals surface area contributed by atoms with Crippen LogP contribution in [-0.4, -0.2) is 25.9 Å². The van der Waals surface area contributed by atoms with Crippen LogP contribution in [0, 0.1) is 0 Å². The Bertz CT molecular complexity index is 382. The van der Waals surface area contributed by atoms with Gasteiger partial charge < -0.3 is 15.2 Å². The van der Waals surface area contributed by atoms with Gasteiger partial charge in [0.1, 0.15) is 5.75 Å². The lowest BCUT2D eigenvalue weighted by atomic mass is 10.2. The Balaban J connectivity index is 2.65. The van der Waals surface area contributed by atoms with E-state index in [-0.39, 0.29) is 13.0 Å². The lowest BCUT2D eigenvalue weighted by Gasteiger charge is -2.08. The van der Waals surface area contributed by atoms with Crippen LogP contribution >= 0.6 is 0 Å². The molecule has 0 spiro atoms. The highest BCUT2D eigenvalue weighted by molar-refractivity contribution is 5.91. The Labute approximate surface area is 99.5 Å². The molecule has 17 heavy (non-hydrogen) atoms. The zero-order valence-corrected chi connectivity index (χ0v) is 9.74. The SMILES string of the molecule is CCOc1ccc(C(=O)OCCCF)cc1N. The monoisotopic (exact) mass is 241 g/mol. The minimum absolute atomic E-state index is 0.0719. The van der Waals surface area contributed by atoms with Gasteiger partial charge in [0, 0.05) is 6.42 Å². The summed E-state index contributed by atoms with van der Waals surface area (Å²) >= 11 is 0. The highest BCUT2D eigenvalue weighted by Crippen LogP contribution is 2.22. The second kappa shape index (κ2) is 6.73. The number of carbonyl (C=O) groups excluding carboxylic acids is 1. The number of anilines is 1. The number of rotatable bonds is 6. The Morgan fingerprint density at radius 2 is 2.24 bits per heavy atom. The van der Waals surface area contributed by atoms with Crippen molar-refractivity contribution < 1.29 is 18.7 Å². The third kappa shape index (κ3) is 3.94. The van der Waals surface area contributed by atoms with Crippen LogP contribution in [0.5, 0.6) is 5.75 Å². The average Bonchev–Trinajstić information content (AvgIpc) is 2.32. The number of ether oxygens (including phenoxy) is 2. The molecule has 0 saturated heterocycles. The minimum atomic E-state index is -0.506. The maximum absolute atomic E-state index is 11.8. The molecule has 0 atom stereocenters. The number of nitrogens with two attached hydrogens (primary N) is 1. The second-order valence-electron chi connectivity index (χ2n) is 3.36. The quantitative estimate of drug-likeness (QED) is 0.471. The normalized spacial score (nSPS) is 10.0. The van der Waals surface area contributed by atoms with Gasteiger partial charge in [0.05, 0.1) is 31.1 Å². The van der Waals surface area contributed by atoms with Crippen molar-refractivity contribution >= 4 is 11.7 Å². The molecule has 0 bridgehead atoms. The van der Waals surface area contributed by atoms with E-state index in [2.05, 4.69) is 0 Å². The molecule has 0 amide bonds. The molecule has 1 rings (SSSR count). The minimum Gasteiger partial charge on any atom is -0.492 e. The van der Waals surface area contributed by atoms with E-state index in [4.69, 9.17) is 15.2 Å². The zero-order chi connectivity index (χ0) is 12.7. The molecule has 1 aromatic carbocycles. The summed E-state index contributed by atoms with van der Waals surface area (Å²) in [5.41, 5.74) is 6.43. The van der Waals surface area contributed by atoms with Crippen molar-refractivity contribution in [1.82, 2.24) is 0 Å². The molecule has 0 aliphatic rings. The largest absolute Gasteiger partial charge is 0.492 e. The van der Waals surface area contributed by atoms with Crippen LogP contribution in [0.2, 0.25) is 0 Å². The number of hydrogen-bond acceptors (Lipinski definition) is 4. The molecule has 4 nitrogen and oxygen atoms in total. The summed E-state index contributed by atoms with van der Waals surface area (Å²) in [6.45, 7) is 1.92. The van der Waals surface area contributed by atoms with Gasteiger partial charge in [-0.1, -0.05) is 0 Å². The second-order valence-corrected chi connectivity index (χ2v) is 3.36. The smallest absolute Gasteiger partial charge is 0.338 e. The predicted molar refractivity (Wildman–Crippen MR) is 62.9 cm³/mol. The zero-order valence-electron chi connectivity index (χ0n) is 9.74. The van der Waals surface area contributed by atoms with Crippen LogP contribution in [0.4, 0.5) is 10.1 Å². The molecular formula is C12H16FNO3. The molecule has 2 N–H and O–H groups in total. The third-order valence-electron chi connectivity index (χ3n) is 2.06. The predicted octanol–water partition coefficient (Wildman–Crippen LogP) is 2.18. The maximum atomic E-state index is 11.8. The van der Waals surface area contributed by atoms with Crippen LogP contribution < -0.4 is 10.5 Å². The van der Waals surface area contributed by atoms with Crippen LogP contribution in [0.3, 0.4) is 0 Å². The Hall–Kier alpha value is -1.78. The lowest BCUT2D eigenvalue weighted by molar-refractivity contribution is 0.0494. The Kier molecular flexibility index (Phi) is 5.26. The van der Waals surface area contributed by atoms with Gasteiger partial charge in [-0.05, 0) is 25.1 Å². The van der Waals surface area contributed by atoms with Crippen molar-refractivity contribution in [2.24, 2.45) is 0 Å². The molecule has 0 saturated carbocycles. The molecular weight excluding hydrogens is 225 g/mol.